The second-order valence-corrected chi connectivity index (χ2v) is 5.42. The molecule has 1 rings (SSSR count). The molecule has 0 saturated carbocycles. The minimum absolute atomic E-state index is 0.343. The Morgan fingerprint density at radius 2 is 1.58 bits per heavy atom. The maximum Gasteiger partial charge on any atom is 0.0429 e. The van der Waals surface area contributed by atoms with Crippen molar-refractivity contribution in [3.05, 3.63) is 0 Å². The van der Waals surface area contributed by atoms with Crippen LogP contribution in [0.2, 0.25) is 0 Å². The summed E-state index contributed by atoms with van der Waals surface area (Å²) in [5, 5.41) is 0. The third-order valence-corrected chi connectivity index (χ3v) is 3.09. The first-order chi connectivity index (χ1) is 5.26. The van der Waals surface area contributed by atoms with Crippen LogP contribution in [0.25, 0.3) is 0 Å². The van der Waals surface area contributed by atoms with E-state index in [1.165, 1.54) is 13.1 Å². The highest BCUT2D eigenvalue weighted by atomic mass is 15.4. The Kier molecular flexibility index (Phi) is 2.26. The average molecular weight is 170 g/mol. The lowest BCUT2D eigenvalue weighted by molar-refractivity contribution is -0.0652. The Bertz CT molecular complexity index is 161. The molecule has 72 valence electrons. The molecule has 1 fully saturated rings. The van der Waals surface area contributed by atoms with E-state index in [-0.39, 0.29) is 0 Å². The Labute approximate surface area is 76.5 Å². The Morgan fingerprint density at radius 1 is 1.17 bits per heavy atom. The molecule has 12 heavy (non-hydrogen) atoms. The van der Waals surface area contributed by atoms with Crippen molar-refractivity contribution < 1.29 is 0 Å². The van der Waals surface area contributed by atoms with Gasteiger partial charge in [-0.25, -0.2) is 0 Å². The Balaban J connectivity index is 2.47. The highest BCUT2D eigenvalue weighted by molar-refractivity contribution is 5.02. The van der Waals surface area contributed by atoms with Crippen LogP contribution in [0.15, 0.2) is 0 Å². The second-order valence-electron chi connectivity index (χ2n) is 5.42. The van der Waals surface area contributed by atoms with Crippen LogP contribution >= 0.6 is 0 Å². The molecular weight excluding hydrogens is 148 g/mol. The Hall–Kier alpha value is -0.0800. The summed E-state index contributed by atoms with van der Waals surface area (Å²) in [5.41, 5.74) is 0.753. The van der Waals surface area contributed by atoms with Crippen LogP contribution in [0.1, 0.15) is 27.7 Å². The van der Waals surface area contributed by atoms with Gasteiger partial charge in [0.1, 0.15) is 0 Å². The van der Waals surface area contributed by atoms with Gasteiger partial charge in [0.05, 0.1) is 0 Å². The normalized spacial score (nSPS) is 24.2. The molecule has 0 spiro atoms. The van der Waals surface area contributed by atoms with Crippen molar-refractivity contribution in [2.45, 2.75) is 38.8 Å². The largest absolute Gasteiger partial charge is 0.301 e. The summed E-state index contributed by atoms with van der Waals surface area (Å²) < 4.78 is 0. The van der Waals surface area contributed by atoms with Crippen LogP contribution in [0.3, 0.4) is 0 Å². The molecule has 0 unspecified atom stereocenters. The average Bonchev–Trinajstić information content (AvgIpc) is 1.77. The van der Waals surface area contributed by atoms with E-state index in [9.17, 15) is 0 Å². The zero-order valence-electron chi connectivity index (χ0n) is 9.31. The van der Waals surface area contributed by atoms with Crippen molar-refractivity contribution in [3.8, 4) is 0 Å². The van der Waals surface area contributed by atoms with Gasteiger partial charge in [0, 0.05) is 24.2 Å². The molecule has 1 heterocycles. The van der Waals surface area contributed by atoms with Crippen molar-refractivity contribution in [3.63, 3.8) is 0 Å². The first kappa shape index (κ1) is 10.0. The van der Waals surface area contributed by atoms with E-state index in [0.29, 0.717) is 11.1 Å². The van der Waals surface area contributed by atoms with Crippen molar-refractivity contribution in [1.82, 2.24) is 9.80 Å². The molecule has 1 aliphatic heterocycles. The van der Waals surface area contributed by atoms with Gasteiger partial charge in [0.15, 0.2) is 0 Å². The zero-order chi connectivity index (χ0) is 9.57. The lowest BCUT2D eigenvalue weighted by atomic mass is 9.86. The third-order valence-electron chi connectivity index (χ3n) is 3.09. The van der Waals surface area contributed by atoms with Gasteiger partial charge in [0.25, 0.3) is 0 Å². The predicted octanol–water partition coefficient (Wildman–Crippen LogP) is 1.42. The molecule has 0 atom stereocenters. The molecule has 2 nitrogen and oxygen atoms in total. The van der Waals surface area contributed by atoms with E-state index in [0.717, 1.165) is 0 Å². The molecule has 1 aliphatic rings. The molecule has 0 bridgehead atoms. The van der Waals surface area contributed by atoms with Gasteiger partial charge in [-0.2, -0.15) is 0 Å². The first-order valence-corrected chi connectivity index (χ1v) is 4.68. The van der Waals surface area contributed by atoms with Crippen LogP contribution < -0.4 is 0 Å². The summed E-state index contributed by atoms with van der Waals surface area (Å²) >= 11 is 0. The summed E-state index contributed by atoms with van der Waals surface area (Å²) in [6.07, 6.45) is 0. The van der Waals surface area contributed by atoms with E-state index < -0.39 is 0 Å². The predicted molar refractivity (Wildman–Crippen MR) is 53.4 cm³/mol. The first-order valence-electron chi connectivity index (χ1n) is 4.68. The van der Waals surface area contributed by atoms with Gasteiger partial charge in [0.2, 0.25) is 0 Å². The number of rotatable bonds is 1. The maximum absolute atomic E-state index is 2.52. The number of nitrogens with zero attached hydrogens (tertiary/aromatic N) is 2. The topological polar surface area (TPSA) is 6.48 Å². The van der Waals surface area contributed by atoms with Gasteiger partial charge < -0.3 is 4.90 Å². The molecule has 0 amide bonds. The van der Waals surface area contributed by atoms with E-state index >= 15 is 0 Å². The third kappa shape index (κ3) is 1.64. The lowest BCUT2D eigenvalue weighted by Gasteiger charge is -2.57. The van der Waals surface area contributed by atoms with Crippen molar-refractivity contribution in [1.29, 1.82) is 0 Å². The van der Waals surface area contributed by atoms with Gasteiger partial charge in [-0.15, -0.1) is 0 Å². The fourth-order valence-corrected chi connectivity index (χ4v) is 1.53. The SMILES string of the molecule is CN(C)C1(C)CN(C(C)(C)C)C1. The van der Waals surface area contributed by atoms with Gasteiger partial charge in [-0.05, 0) is 41.8 Å². The molecule has 0 aromatic rings. The zero-order valence-corrected chi connectivity index (χ0v) is 9.31. The van der Waals surface area contributed by atoms with Crippen LogP contribution in [0.5, 0.6) is 0 Å². The second kappa shape index (κ2) is 2.71. The molecule has 0 aromatic carbocycles. The summed E-state index contributed by atoms with van der Waals surface area (Å²) in [6, 6.07) is 0. The molecule has 1 saturated heterocycles. The number of hydrogen-bond donors (Lipinski definition) is 0. The van der Waals surface area contributed by atoms with E-state index in [2.05, 4.69) is 51.6 Å². The summed E-state index contributed by atoms with van der Waals surface area (Å²) in [4.78, 5) is 4.85. The van der Waals surface area contributed by atoms with Crippen LogP contribution in [-0.2, 0) is 0 Å². The fraction of sp³-hybridized carbons (Fsp3) is 1.00. The summed E-state index contributed by atoms with van der Waals surface area (Å²) in [6.45, 7) is 11.6. The standard InChI is InChI=1S/C10H22N2/c1-9(2,3)12-7-10(4,8-12)11(5)6/h7-8H2,1-6H3. The molecular formula is C10H22N2. The van der Waals surface area contributed by atoms with E-state index in [1.807, 2.05) is 0 Å². The van der Waals surface area contributed by atoms with Gasteiger partial charge in [-0.3, -0.25) is 4.90 Å². The molecule has 0 aromatic heterocycles. The molecule has 2 heteroatoms. The van der Waals surface area contributed by atoms with Crippen LogP contribution in [0.4, 0.5) is 0 Å². The molecule has 0 aliphatic carbocycles. The van der Waals surface area contributed by atoms with Crippen LogP contribution in [0, 0.1) is 0 Å². The Morgan fingerprint density at radius 3 is 1.83 bits per heavy atom. The monoisotopic (exact) mass is 170 g/mol. The highest BCUT2D eigenvalue weighted by Crippen LogP contribution is 2.31. The summed E-state index contributed by atoms with van der Waals surface area (Å²) in [5.74, 6) is 0. The maximum atomic E-state index is 2.52. The number of likely N-dealkylation sites (tertiary alicyclic amines) is 1. The lowest BCUT2D eigenvalue weighted by Crippen LogP contribution is -2.70. The smallest absolute Gasteiger partial charge is 0.0429 e. The van der Waals surface area contributed by atoms with Crippen molar-refractivity contribution in [2.24, 2.45) is 0 Å². The van der Waals surface area contributed by atoms with Crippen molar-refractivity contribution in [2.75, 3.05) is 27.2 Å². The minimum Gasteiger partial charge on any atom is -0.301 e. The summed E-state index contributed by atoms with van der Waals surface area (Å²) in [7, 11) is 4.33. The van der Waals surface area contributed by atoms with Gasteiger partial charge in [-0.1, -0.05) is 0 Å². The number of likely N-dealkylation sites (N-methyl/N-ethyl adjacent to an activating group) is 1. The minimum atomic E-state index is 0.343. The highest BCUT2D eigenvalue weighted by Gasteiger charge is 2.44. The van der Waals surface area contributed by atoms with Gasteiger partial charge >= 0.3 is 0 Å². The quantitative estimate of drug-likeness (QED) is 0.587. The number of hydrogen-bond acceptors (Lipinski definition) is 2. The van der Waals surface area contributed by atoms with Crippen molar-refractivity contribution >= 4 is 0 Å². The fourth-order valence-electron chi connectivity index (χ4n) is 1.53. The van der Waals surface area contributed by atoms with Crippen LogP contribution in [-0.4, -0.2) is 48.1 Å². The molecule has 0 N–H and O–H groups in total. The van der Waals surface area contributed by atoms with E-state index in [1.54, 1.807) is 0 Å². The molecule has 0 radical (unpaired) electrons. The van der Waals surface area contributed by atoms with E-state index in [4.69, 9.17) is 0 Å².